The lowest BCUT2D eigenvalue weighted by Gasteiger charge is -2.24. The summed E-state index contributed by atoms with van der Waals surface area (Å²) in [4.78, 5) is 4.80. The molecule has 1 heteroatoms. The normalized spacial score (nSPS) is 18.9. The summed E-state index contributed by atoms with van der Waals surface area (Å²) in [5.41, 5.74) is 4.13. The van der Waals surface area contributed by atoms with Crippen LogP contribution in [0, 0.1) is 0 Å². The van der Waals surface area contributed by atoms with E-state index in [4.69, 9.17) is 4.99 Å². The Kier molecular flexibility index (Phi) is 3.73. The highest BCUT2D eigenvalue weighted by Gasteiger charge is 2.20. The summed E-state index contributed by atoms with van der Waals surface area (Å²) in [5, 5.41) is 0. The summed E-state index contributed by atoms with van der Waals surface area (Å²) >= 11 is 0. The fraction of sp³-hybridized carbons (Fsp3) is 0.278. The van der Waals surface area contributed by atoms with E-state index in [2.05, 4.69) is 60.7 Å². The number of aliphatic imine (C=N–C) groups is 1. The summed E-state index contributed by atoms with van der Waals surface area (Å²) in [6.45, 7) is 0.992. The third kappa shape index (κ3) is 2.93. The summed E-state index contributed by atoms with van der Waals surface area (Å²) in [7, 11) is 0. The molecule has 1 heterocycles. The molecule has 0 radical (unpaired) electrons. The maximum absolute atomic E-state index is 4.80. The van der Waals surface area contributed by atoms with Gasteiger partial charge in [0.1, 0.15) is 0 Å². The zero-order valence-corrected chi connectivity index (χ0v) is 11.1. The van der Waals surface area contributed by atoms with Gasteiger partial charge in [0, 0.05) is 24.6 Å². The molecule has 19 heavy (non-hydrogen) atoms. The van der Waals surface area contributed by atoms with E-state index in [0.717, 1.165) is 13.0 Å². The molecule has 0 aliphatic carbocycles. The minimum atomic E-state index is 0.509. The van der Waals surface area contributed by atoms with E-state index in [9.17, 15) is 0 Å². The Morgan fingerprint density at radius 2 is 1.58 bits per heavy atom. The van der Waals surface area contributed by atoms with E-state index >= 15 is 0 Å². The van der Waals surface area contributed by atoms with Crippen molar-refractivity contribution in [1.29, 1.82) is 0 Å². The van der Waals surface area contributed by atoms with Crippen LogP contribution in [-0.4, -0.2) is 12.3 Å². The van der Waals surface area contributed by atoms with Crippen molar-refractivity contribution in [2.45, 2.75) is 25.2 Å². The van der Waals surface area contributed by atoms with E-state index < -0.39 is 0 Å². The van der Waals surface area contributed by atoms with Crippen molar-refractivity contribution in [2.75, 3.05) is 6.54 Å². The van der Waals surface area contributed by atoms with Gasteiger partial charge >= 0.3 is 0 Å². The highest BCUT2D eigenvalue weighted by Crippen LogP contribution is 2.28. The Morgan fingerprint density at radius 3 is 2.32 bits per heavy atom. The van der Waals surface area contributed by atoms with Gasteiger partial charge in [-0.05, 0) is 24.0 Å². The monoisotopic (exact) mass is 249 g/mol. The standard InChI is InChI=1S/C18H19N/c1-3-8-15(9-4-1)14-18-17(12-7-13-19-18)16-10-5-2-6-11-16/h1-6,8-11,17H,7,12-14H2/t17-/m1/s1. The van der Waals surface area contributed by atoms with Gasteiger partial charge in [-0.15, -0.1) is 0 Å². The molecule has 1 atom stereocenters. The van der Waals surface area contributed by atoms with Crippen molar-refractivity contribution in [3.05, 3.63) is 71.8 Å². The SMILES string of the molecule is c1ccc(CC2=NCCC[C@@H]2c2ccccc2)cc1. The number of rotatable bonds is 3. The molecule has 1 aliphatic heterocycles. The van der Waals surface area contributed by atoms with Gasteiger partial charge in [0.2, 0.25) is 0 Å². The van der Waals surface area contributed by atoms with E-state index in [0.29, 0.717) is 5.92 Å². The Bertz CT molecular complexity index is 542. The molecule has 0 saturated heterocycles. The van der Waals surface area contributed by atoms with Crippen LogP contribution in [-0.2, 0) is 6.42 Å². The zero-order chi connectivity index (χ0) is 12.9. The summed E-state index contributed by atoms with van der Waals surface area (Å²) < 4.78 is 0. The second kappa shape index (κ2) is 5.83. The van der Waals surface area contributed by atoms with Crippen molar-refractivity contribution >= 4 is 5.71 Å². The van der Waals surface area contributed by atoms with Crippen molar-refractivity contribution in [3.63, 3.8) is 0 Å². The molecule has 1 nitrogen and oxygen atoms in total. The Morgan fingerprint density at radius 1 is 0.895 bits per heavy atom. The quantitative estimate of drug-likeness (QED) is 0.771. The second-order valence-corrected chi connectivity index (χ2v) is 5.14. The van der Waals surface area contributed by atoms with Crippen LogP contribution in [0.5, 0.6) is 0 Å². The first kappa shape index (κ1) is 12.2. The fourth-order valence-electron chi connectivity index (χ4n) is 2.82. The molecule has 3 rings (SSSR count). The molecule has 0 fully saturated rings. The first-order valence-corrected chi connectivity index (χ1v) is 7.05. The maximum Gasteiger partial charge on any atom is 0.0389 e. The minimum absolute atomic E-state index is 0.509. The van der Waals surface area contributed by atoms with Gasteiger partial charge < -0.3 is 0 Å². The van der Waals surface area contributed by atoms with Crippen LogP contribution in [0.2, 0.25) is 0 Å². The smallest absolute Gasteiger partial charge is 0.0389 e. The highest BCUT2D eigenvalue weighted by atomic mass is 14.8. The molecule has 0 bridgehead atoms. The first-order valence-electron chi connectivity index (χ1n) is 7.05. The predicted octanol–water partition coefficient (Wildman–Crippen LogP) is 4.25. The number of hydrogen-bond acceptors (Lipinski definition) is 1. The van der Waals surface area contributed by atoms with E-state index in [1.165, 1.54) is 29.7 Å². The molecular formula is C18H19N. The maximum atomic E-state index is 4.80. The van der Waals surface area contributed by atoms with Crippen molar-refractivity contribution in [2.24, 2.45) is 4.99 Å². The van der Waals surface area contributed by atoms with Crippen LogP contribution < -0.4 is 0 Å². The molecular weight excluding hydrogens is 230 g/mol. The summed E-state index contributed by atoms with van der Waals surface area (Å²) in [6, 6.07) is 21.5. The molecule has 2 aromatic carbocycles. The van der Waals surface area contributed by atoms with Crippen LogP contribution in [0.3, 0.4) is 0 Å². The van der Waals surface area contributed by atoms with Gasteiger partial charge in [-0.25, -0.2) is 0 Å². The number of nitrogens with zero attached hydrogens (tertiary/aromatic N) is 1. The minimum Gasteiger partial charge on any atom is -0.293 e. The topological polar surface area (TPSA) is 12.4 Å². The highest BCUT2D eigenvalue weighted by molar-refractivity contribution is 5.93. The summed E-state index contributed by atoms with van der Waals surface area (Å²) in [6.07, 6.45) is 3.42. The third-order valence-electron chi connectivity index (χ3n) is 3.80. The molecule has 0 N–H and O–H groups in total. The lowest BCUT2D eigenvalue weighted by Crippen LogP contribution is -2.20. The van der Waals surface area contributed by atoms with Gasteiger partial charge in [-0.1, -0.05) is 60.7 Å². The van der Waals surface area contributed by atoms with Crippen LogP contribution >= 0.6 is 0 Å². The van der Waals surface area contributed by atoms with Crippen molar-refractivity contribution in [3.8, 4) is 0 Å². The first-order chi connectivity index (χ1) is 9.43. The molecule has 0 spiro atoms. The largest absolute Gasteiger partial charge is 0.293 e. The summed E-state index contributed by atoms with van der Waals surface area (Å²) in [5.74, 6) is 0.509. The average molecular weight is 249 g/mol. The van der Waals surface area contributed by atoms with Gasteiger partial charge in [0.05, 0.1) is 0 Å². The molecule has 96 valence electrons. The molecule has 2 aromatic rings. The van der Waals surface area contributed by atoms with Gasteiger partial charge in [-0.3, -0.25) is 4.99 Å². The Hall–Kier alpha value is -1.89. The molecule has 0 unspecified atom stereocenters. The van der Waals surface area contributed by atoms with Crippen LogP contribution in [0.1, 0.15) is 29.9 Å². The van der Waals surface area contributed by atoms with Crippen molar-refractivity contribution in [1.82, 2.24) is 0 Å². The van der Waals surface area contributed by atoms with Gasteiger partial charge in [0.15, 0.2) is 0 Å². The lowest BCUT2D eigenvalue weighted by molar-refractivity contribution is 0.664. The van der Waals surface area contributed by atoms with Crippen molar-refractivity contribution < 1.29 is 0 Å². The fourth-order valence-corrected chi connectivity index (χ4v) is 2.82. The molecule has 0 saturated carbocycles. The molecule has 0 aromatic heterocycles. The number of benzene rings is 2. The second-order valence-electron chi connectivity index (χ2n) is 5.14. The number of hydrogen-bond donors (Lipinski definition) is 0. The molecule has 1 aliphatic rings. The lowest BCUT2D eigenvalue weighted by atomic mass is 9.85. The van der Waals surface area contributed by atoms with E-state index in [-0.39, 0.29) is 0 Å². The third-order valence-corrected chi connectivity index (χ3v) is 3.80. The Balaban J connectivity index is 1.84. The van der Waals surface area contributed by atoms with Gasteiger partial charge in [0.25, 0.3) is 0 Å². The van der Waals surface area contributed by atoms with E-state index in [1.807, 2.05) is 0 Å². The van der Waals surface area contributed by atoms with Gasteiger partial charge in [-0.2, -0.15) is 0 Å². The predicted molar refractivity (Wildman–Crippen MR) is 80.9 cm³/mol. The van der Waals surface area contributed by atoms with Crippen LogP contribution in [0.15, 0.2) is 65.7 Å². The Labute approximate surface area is 115 Å². The molecule has 0 amide bonds. The average Bonchev–Trinajstić information content (AvgIpc) is 2.50. The zero-order valence-electron chi connectivity index (χ0n) is 11.1. The van der Waals surface area contributed by atoms with E-state index in [1.54, 1.807) is 0 Å². The van der Waals surface area contributed by atoms with Crippen LogP contribution in [0.4, 0.5) is 0 Å². The van der Waals surface area contributed by atoms with Crippen LogP contribution in [0.25, 0.3) is 0 Å².